The molecule has 0 amide bonds. The third kappa shape index (κ3) is 1.74. The third-order valence-corrected chi connectivity index (χ3v) is 3.54. The topological polar surface area (TPSA) is 30.7 Å². The molecule has 0 saturated heterocycles. The summed E-state index contributed by atoms with van der Waals surface area (Å²) in [6.07, 6.45) is 1.77. The molecule has 3 nitrogen and oxygen atoms in total. The van der Waals surface area contributed by atoms with Crippen molar-refractivity contribution in [2.24, 2.45) is 0 Å². The molecule has 14 heavy (non-hydrogen) atoms. The van der Waals surface area contributed by atoms with Crippen molar-refractivity contribution in [3.8, 4) is 10.7 Å². The first-order chi connectivity index (χ1) is 6.68. The van der Waals surface area contributed by atoms with Crippen molar-refractivity contribution in [2.45, 2.75) is 19.9 Å². The molecular weight excluding hydrogens is 262 g/mol. The van der Waals surface area contributed by atoms with Crippen LogP contribution in [-0.2, 0) is 0 Å². The fourth-order valence-electron chi connectivity index (χ4n) is 1.23. The van der Waals surface area contributed by atoms with Crippen LogP contribution in [0.4, 0.5) is 0 Å². The highest BCUT2D eigenvalue weighted by Crippen LogP contribution is 2.30. The fraction of sp³-hybridized carbons (Fsp3) is 0.333. The van der Waals surface area contributed by atoms with E-state index in [1.54, 1.807) is 17.7 Å². The number of aromatic nitrogens is 3. The Morgan fingerprint density at radius 2 is 2.21 bits per heavy atom. The Morgan fingerprint density at radius 3 is 2.79 bits per heavy atom. The molecule has 0 saturated carbocycles. The molecule has 0 spiro atoms. The maximum atomic E-state index is 4.12. The molecule has 0 aliphatic heterocycles. The summed E-state index contributed by atoms with van der Waals surface area (Å²) in [6.45, 7) is 4.24. The smallest absolute Gasteiger partial charge is 0.174 e. The van der Waals surface area contributed by atoms with Crippen LogP contribution in [0.1, 0.15) is 19.9 Å². The molecule has 2 heterocycles. The van der Waals surface area contributed by atoms with E-state index in [9.17, 15) is 0 Å². The summed E-state index contributed by atoms with van der Waals surface area (Å²) in [5.74, 6) is 0.940. The molecule has 0 radical (unpaired) electrons. The van der Waals surface area contributed by atoms with E-state index in [1.165, 1.54) is 0 Å². The zero-order chi connectivity index (χ0) is 10.1. The summed E-state index contributed by atoms with van der Waals surface area (Å²) < 4.78 is 3.18. The van der Waals surface area contributed by atoms with Gasteiger partial charge in [0.1, 0.15) is 6.33 Å². The summed E-state index contributed by atoms with van der Waals surface area (Å²) >= 11 is 5.11. The van der Waals surface area contributed by atoms with Crippen molar-refractivity contribution in [2.75, 3.05) is 0 Å². The van der Waals surface area contributed by atoms with Crippen LogP contribution in [0.25, 0.3) is 10.7 Å². The molecule has 2 aromatic rings. The Bertz CT molecular complexity index is 433. The number of hydrogen-bond acceptors (Lipinski definition) is 3. The number of hydrogen-bond donors (Lipinski definition) is 0. The van der Waals surface area contributed by atoms with Crippen LogP contribution in [-0.4, -0.2) is 14.8 Å². The Labute approximate surface area is 94.9 Å². The van der Waals surface area contributed by atoms with Crippen molar-refractivity contribution in [1.82, 2.24) is 14.8 Å². The molecule has 0 aliphatic rings. The molecule has 0 N–H and O–H groups in total. The quantitative estimate of drug-likeness (QED) is 0.839. The van der Waals surface area contributed by atoms with Gasteiger partial charge in [-0.3, -0.25) is 0 Å². The lowest BCUT2D eigenvalue weighted by molar-refractivity contribution is 0.604. The number of rotatable bonds is 2. The molecule has 74 valence electrons. The third-order valence-electron chi connectivity index (χ3n) is 1.92. The monoisotopic (exact) mass is 271 g/mol. The second kappa shape index (κ2) is 3.82. The van der Waals surface area contributed by atoms with E-state index in [2.05, 4.69) is 50.6 Å². The zero-order valence-corrected chi connectivity index (χ0v) is 10.3. The minimum Gasteiger partial charge on any atom is -0.310 e. The largest absolute Gasteiger partial charge is 0.310 e. The highest BCUT2D eigenvalue weighted by molar-refractivity contribution is 9.11. The maximum Gasteiger partial charge on any atom is 0.174 e. The molecule has 0 bridgehead atoms. The normalized spacial score (nSPS) is 11.1. The van der Waals surface area contributed by atoms with Gasteiger partial charge in [-0.1, -0.05) is 0 Å². The molecular formula is C9H10BrN3S. The van der Waals surface area contributed by atoms with Crippen LogP contribution in [0.5, 0.6) is 0 Å². The molecule has 0 fully saturated rings. The van der Waals surface area contributed by atoms with Crippen molar-refractivity contribution in [3.63, 3.8) is 0 Å². The molecule has 0 unspecified atom stereocenters. The van der Waals surface area contributed by atoms with Crippen molar-refractivity contribution >= 4 is 27.3 Å². The van der Waals surface area contributed by atoms with Crippen LogP contribution in [0.15, 0.2) is 22.2 Å². The first kappa shape index (κ1) is 9.86. The predicted octanol–water partition coefficient (Wildman–Crippen LogP) is 3.35. The van der Waals surface area contributed by atoms with Gasteiger partial charge in [-0.2, -0.15) is 0 Å². The summed E-state index contributed by atoms with van der Waals surface area (Å²) in [7, 11) is 0. The Kier molecular flexibility index (Phi) is 2.69. The van der Waals surface area contributed by atoms with Crippen LogP contribution in [0.2, 0.25) is 0 Å². The number of thiophene rings is 1. The van der Waals surface area contributed by atoms with Gasteiger partial charge in [0.05, 0.1) is 8.66 Å². The first-order valence-electron chi connectivity index (χ1n) is 4.33. The van der Waals surface area contributed by atoms with Gasteiger partial charge in [-0.05, 0) is 41.9 Å². The van der Waals surface area contributed by atoms with Crippen molar-refractivity contribution in [3.05, 3.63) is 22.2 Å². The van der Waals surface area contributed by atoms with Gasteiger partial charge in [0.2, 0.25) is 0 Å². The van der Waals surface area contributed by atoms with E-state index in [1.807, 2.05) is 6.07 Å². The Morgan fingerprint density at radius 1 is 1.43 bits per heavy atom. The second-order valence-corrected chi connectivity index (χ2v) is 5.72. The molecule has 5 heteroatoms. The summed E-state index contributed by atoms with van der Waals surface area (Å²) in [6, 6.07) is 4.47. The van der Waals surface area contributed by atoms with E-state index in [0.717, 1.165) is 14.5 Å². The van der Waals surface area contributed by atoms with E-state index < -0.39 is 0 Å². The SMILES string of the molecule is CC(C)n1cnnc1-c1ccc(Br)s1. The highest BCUT2D eigenvalue weighted by Gasteiger charge is 2.11. The van der Waals surface area contributed by atoms with Gasteiger partial charge < -0.3 is 4.57 Å². The maximum absolute atomic E-state index is 4.12. The minimum absolute atomic E-state index is 0.390. The predicted molar refractivity (Wildman–Crippen MR) is 61.4 cm³/mol. The average Bonchev–Trinajstić information content (AvgIpc) is 2.70. The minimum atomic E-state index is 0.390. The molecule has 0 aliphatic carbocycles. The van der Waals surface area contributed by atoms with Gasteiger partial charge in [-0.15, -0.1) is 21.5 Å². The molecule has 2 rings (SSSR count). The fourth-order valence-corrected chi connectivity index (χ4v) is 2.61. The zero-order valence-electron chi connectivity index (χ0n) is 7.94. The van der Waals surface area contributed by atoms with Crippen molar-refractivity contribution < 1.29 is 0 Å². The van der Waals surface area contributed by atoms with Gasteiger partial charge >= 0.3 is 0 Å². The van der Waals surface area contributed by atoms with E-state index in [-0.39, 0.29) is 0 Å². The summed E-state index contributed by atoms with van der Waals surface area (Å²) in [4.78, 5) is 1.14. The highest BCUT2D eigenvalue weighted by atomic mass is 79.9. The van der Waals surface area contributed by atoms with Gasteiger partial charge in [0.15, 0.2) is 5.82 Å². The Balaban J connectivity index is 2.46. The molecule has 2 aromatic heterocycles. The van der Waals surface area contributed by atoms with Crippen LogP contribution in [0.3, 0.4) is 0 Å². The summed E-state index contributed by atoms with van der Waals surface area (Å²) in [5.41, 5.74) is 0. The molecule has 0 atom stereocenters. The van der Waals surface area contributed by atoms with Gasteiger partial charge in [0.25, 0.3) is 0 Å². The Hall–Kier alpha value is -0.680. The lowest BCUT2D eigenvalue weighted by atomic mass is 10.3. The standard InChI is InChI=1S/C9H10BrN3S/c1-6(2)13-5-11-12-9(13)7-3-4-8(10)14-7/h3-6H,1-2H3. The lowest BCUT2D eigenvalue weighted by Crippen LogP contribution is -2.00. The van der Waals surface area contributed by atoms with Gasteiger partial charge in [-0.25, -0.2) is 0 Å². The lowest BCUT2D eigenvalue weighted by Gasteiger charge is -2.07. The second-order valence-electron chi connectivity index (χ2n) is 3.26. The van der Waals surface area contributed by atoms with E-state index >= 15 is 0 Å². The van der Waals surface area contributed by atoms with E-state index in [4.69, 9.17) is 0 Å². The van der Waals surface area contributed by atoms with Crippen molar-refractivity contribution in [1.29, 1.82) is 0 Å². The number of nitrogens with zero attached hydrogens (tertiary/aromatic N) is 3. The first-order valence-corrected chi connectivity index (χ1v) is 5.94. The summed E-state index contributed by atoms with van der Waals surface area (Å²) in [5, 5.41) is 8.06. The van der Waals surface area contributed by atoms with Crippen LogP contribution >= 0.6 is 27.3 Å². The van der Waals surface area contributed by atoms with Crippen LogP contribution in [0, 0.1) is 0 Å². The van der Waals surface area contributed by atoms with Gasteiger partial charge in [0, 0.05) is 6.04 Å². The average molecular weight is 272 g/mol. The van der Waals surface area contributed by atoms with Crippen LogP contribution < -0.4 is 0 Å². The van der Waals surface area contributed by atoms with E-state index in [0.29, 0.717) is 6.04 Å². The molecule has 0 aromatic carbocycles. The number of halogens is 1.